The Kier molecular flexibility index (Phi) is 4.26. The van der Waals surface area contributed by atoms with Gasteiger partial charge in [0.15, 0.2) is 5.72 Å². The average Bonchev–Trinajstić information content (AvgIpc) is 2.55. The second-order valence-corrected chi connectivity index (χ2v) is 5.99. The molecule has 2 atom stereocenters. The Morgan fingerprint density at radius 3 is 2.83 bits per heavy atom. The van der Waals surface area contributed by atoms with Gasteiger partial charge >= 0.3 is 5.97 Å². The van der Waals surface area contributed by atoms with Crippen molar-refractivity contribution in [3.63, 3.8) is 0 Å². The van der Waals surface area contributed by atoms with Crippen molar-refractivity contribution >= 4 is 17.4 Å². The van der Waals surface area contributed by atoms with Crippen molar-refractivity contribution in [2.45, 2.75) is 38.3 Å². The number of hydrazone groups is 1. The third-order valence-electron chi connectivity index (χ3n) is 4.49. The molecule has 1 heterocycles. The minimum Gasteiger partial charge on any atom is -0.497 e. The summed E-state index contributed by atoms with van der Waals surface area (Å²) in [6, 6.07) is 7.29. The fraction of sp³-hybridized carbons (Fsp3) is 0.529. The van der Waals surface area contributed by atoms with Gasteiger partial charge in [0.05, 0.1) is 19.4 Å². The molecule has 124 valence electrons. The van der Waals surface area contributed by atoms with E-state index in [2.05, 4.69) is 5.10 Å². The predicted molar refractivity (Wildman–Crippen MR) is 86.4 cm³/mol. The highest BCUT2D eigenvalue weighted by atomic mass is 16.5. The second kappa shape index (κ2) is 6.20. The average molecular weight is 318 g/mol. The van der Waals surface area contributed by atoms with E-state index in [4.69, 9.17) is 9.47 Å². The molecule has 1 fully saturated rings. The van der Waals surface area contributed by atoms with Crippen molar-refractivity contribution in [1.29, 1.82) is 0 Å². The third kappa shape index (κ3) is 2.91. The fourth-order valence-electron chi connectivity index (χ4n) is 3.37. The van der Waals surface area contributed by atoms with Crippen LogP contribution in [0.4, 0.5) is 5.69 Å². The van der Waals surface area contributed by atoms with Gasteiger partial charge in [-0.2, -0.15) is 5.10 Å². The summed E-state index contributed by atoms with van der Waals surface area (Å²) in [6.07, 6.45) is 2.84. The van der Waals surface area contributed by atoms with Gasteiger partial charge in [0.1, 0.15) is 11.5 Å². The molecule has 6 heteroatoms. The predicted octanol–water partition coefficient (Wildman–Crippen LogP) is 2.31. The van der Waals surface area contributed by atoms with Gasteiger partial charge in [-0.15, -0.1) is 0 Å². The standard InChI is InChI=1S/C17H22N2O4/c1-3-23-16(20)15-12-5-4-10-17(21,11-12)19(18-15)13-6-8-14(22-2)9-7-13/h6-9,12,21H,3-5,10-11H2,1-2H3/t12-,17-/m0/s1. The number of ether oxygens (including phenoxy) is 2. The van der Waals surface area contributed by atoms with Crippen LogP contribution < -0.4 is 9.75 Å². The minimum atomic E-state index is -1.05. The molecule has 0 aromatic heterocycles. The maximum absolute atomic E-state index is 12.2. The van der Waals surface area contributed by atoms with Crippen molar-refractivity contribution < 1.29 is 19.4 Å². The smallest absolute Gasteiger partial charge is 0.354 e. The summed E-state index contributed by atoms with van der Waals surface area (Å²) >= 11 is 0. The SMILES string of the molecule is CCOC(=O)C1=NN(c2ccc(OC)cc2)[C@]2(O)CCC[C@H]1C2. The summed E-state index contributed by atoms with van der Waals surface area (Å²) in [5, 5.41) is 17.0. The first-order valence-electron chi connectivity index (χ1n) is 7.99. The summed E-state index contributed by atoms with van der Waals surface area (Å²) in [7, 11) is 1.60. The number of methoxy groups -OCH3 is 1. The van der Waals surface area contributed by atoms with Crippen molar-refractivity contribution in [1.82, 2.24) is 0 Å². The van der Waals surface area contributed by atoms with E-state index in [1.54, 1.807) is 19.0 Å². The molecule has 2 aliphatic rings. The number of hydrogen-bond acceptors (Lipinski definition) is 6. The Labute approximate surface area is 135 Å². The lowest BCUT2D eigenvalue weighted by Gasteiger charge is -2.46. The van der Waals surface area contributed by atoms with Crippen molar-refractivity contribution in [3.8, 4) is 5.75 Å². The van der Waals surface area contributed by atoms with E-state index in [1.165, 1.54) is 0 Å². The Hall–Kier alpha value is -2.08. The van der Waals surface area contributed by atoms with Crippen LogP contribution in [0.1, 0.15) is 32.6 Å². The topological polar surface area (TPSA) is 71.4 Å². The maximum atomic E-state index is 12.2. The van der Waals surface area contributed by atoms with E-state index < -0.39 is 5.72 Å². The zero-order chi connectivity index (χ0) is 16.4. The minimum absolute atomic E-state index is 0.0395. The number of rotatable bonds is 4. The molecule has 3 rings (SSSR count). The molecule has 0 saturated heterocycles. The molecule has 1 saturated carbocycles. The number of benzene rings is 1. The number of carbonyl (C=O) groups is 1. The Morgan fingerprint density at radius 1 is 1.43 bits per heavy atom. The normalized spacial score (nSPS) is 26.5. The molecule has 6 nitrogen and oxygen atoms in total. The van der Waals surface area contributed by atoms with Crippen LogP contribution in [0.15, 0.2) is 29.4 Å². The van der Waals surface area contributed by atoms with Crippen molar-refractivity contribution in [2.75, 3.05) is 18.7 Å². The molecule has 0 spiro atoms. The van der Waals surface area contributed by atoms with E-state index >= 15 is 0 Å². The summed E-state index contributed by atoms with van der Waals surface area (Å²) < 4.78 is 10.3. The zero-order valence-electron chi connectivity index (χ0n) is 13.5. The molecule has 1 aliphatic heterocycles. The molecule has 0 amide bonds. The number of hydrogen-bond donors (Lipinski definition) is 1. The van der Waals surface area contributed by atoms with Crippen LogP contribution in [0.5, 0.6) is 5.75 Å². The highest BCUT2D eigenvalue weighted by molar-refractivity contribution is 6.37. The lowest BCUT2D eigenvalue weighted by molar-refractivity contribution is -0.135. The Morgan fingerprint density at radius 2 is 2.17 bits per heavy atom. The first kappa shape index (κ1) is 15.8. The summed E-state index contributed by atoms with van der Waals surface area (Å²) in [6.45, 7) is 2.09. The van der Waals surface area contributed by atoms with Crippen molar-refractivity contribution in [2.24, 2.45) is 11.0 Å². The molecule has 1 aromatic rings. The zero-order valence-corrected chi connectivity index (χ0v) is 13.5. The number of aliphatic hydroxyl groups is 1. The van der Waals surface area contributed by atoms with Gasteiger partial charge in [-0.1, -0.05) is 0 Å². The van der Waals surface area contributed by atoms with Gasteiger partial charge in [0.2, 0.25) is 0 Å². The van der Waals surface area contributed by atoms with E-state index in [0.29, 0.717) is 25.2 Å². The lowest BCUT2D eigenvalue weighted by Crippen LogP contribution is -2.55. The summed E-state index contributed by atoms with van der Waals surface area (Å²) in [5.74, 6) is 0.302. The molecule has 23 heavy (non-hydrogen) atoms. The highest BCUT2D eigenvalue weighted by Crippen LogP contribution is 2.42. The number of fused-ring (bicyclic) bond motifs is 2. The second-order valence-electron chi connectivity index (χ2n) is 5.99. The van der Waals surface area contributed by atoms with Crippen molar-refractivity contribution in [3.05, 3.63) is 24.3 Å². The van der Waals surface area contributed by atoms with E-state index in [-0.39, 0.29) is 11.9 Å². The molecule has 1 N–H and O–H groups in total. The molecular weight excluding hydrogens is 296 g/mol. The van der Waals surface area contributed by atoms with Gasteiger partial charge in [0.25, 0.3) is 0 Å². The van der Waals surface area contributed by atoms with Gasteiger partial charge in [-0.05, 0) is 50.5 Å². The van der Waals surface area contributed by atoms with E-state index in [0.717, 1.165) is 24.3 Å². The van der Waals surface area contributed by atoms with Gasteiger partial charge in [-0.3, -0.25) is 0 Å². The number of esters is 1. The first-order chi connectivity index (χ1) is 11.1. The first-order valence-corrected chi connectivity index (χ1v) is 7.99. The fourth-order valence-corrected chi connectivity index (χ4v) is 3.37. The van der Waals surface area contributed by atoms with E-state index in [1.807, 2.05) is 24.3 Å². The van der Waals surface area contributed by atoms with Crippen LogP contribution in [0, 0.1) is 5.92 Å². The molecular formula is C17H22N2O4. The molecule has 1 aliphatic carbocycles. The monoisotopic (exact) mass is 318 g/mol. The largest absolute Gasteiger partial charge is 0.497 e. The molecule has 0 radical (unpaired) electrons. The highest BCUT2D eigenvalue weighted by Gasteiger charge is 2.47. The lowest BCUT2D eigenvalue weighted by atomic mass is 9.78. The van der Waals surface area contributed by atoms with Crippen LogP contribution in [0.25, 0.3) is 0 Å². The maximum Gasteiger partial charge on any atom is 0.354 e. The molecule has 2 bridgehead atoms. The van der Waals surface area contributed by atoms with Gasteiger partial charge in [-0.25, -0.2) is 9.80 Å². The van der Waals surface area contributed by atoms with Crippen LogP contribution in [0.3, 0.4) is 0 Å². The number of anilines is 1. The van der Waals surface area contributed by atoms with Gasteiger partial charge < -0.3 is 14.6 Å². The summed E-state index contributed by atoms with van der Waals surface area (Å²) in [4.78, 5) is 12.2. The van der Waals surface area contributed by atoms with Crippen LogP contribution in [-0.2, 0) is 9.53 Å². The number of carbonyl (C=O) groups excluding carboxylic acids is 1. The number of nitrogens with zero attached hydrogens (tertiary/aromatic N) is 2. The Balaban J connectivity index is 1.98. The Bertz CT molecular complexity index is 614. The van der Waals surface area contributed by atoms with Crippen LogP contribution >= 0.6 is 0 Å². The third-order valence-corrected chi connectivity index (χ3v) is 4.49. The van der Waals surface area contributed by atoms with E-state index in [9.17, 15) is 9.90 Å². The van der Waals surface area contributed by atoms with Gasteiger partial charge in [0, 0.05) is 12.3 Å². The summed E-state index contributed by atoms with van der Waals surface area (Å²) in [5.41, 5.74) is 0.0931. The molecule has 1 aromatic carbocycles. The quantitative estimate of drug-likeness (QED) is 0.863. The van der Waals surface area contributed by atoms with Crippen LogP contribution in [-0.4, -0.2) is 36.2 Å². The van der Waals surface area contributed by atoms with Crippen LogP contribution in [0.2, 0.25) is 0 Å². The molecule has 0 unspecified atom stereocenters.